The van der Waals surface area contributed by atoms with Crippen LogP contribution in [0.3, 0.4) is 0 Å². The Hall–Kier alpha value is -2.28. The number of hydrogen-bond donors (Lipinski definition) is 2. The first kappa shape index (κ1) is 20.0. The summed E-state index contributed by atoms with van der Waals surface area (Å²) in [5.41, 5.74) is 0.937. The van der Waals surface area contributed by atoms with E-state index in [0.717, 1.165) is 17.7 Å². The van der Waals surface area contributed by atoms with E-state index in [9.17, 15) is 9.59 Å². The molecule has 26 heavy (non-hydrogen) atoms. The van der Waals surface area contributed by atoms with Crippen molar-refractivity contribution >= 4 is 11.9 Å². The van der Waals surface area contributed by atoms with Crippen molar-refractivity contribution in [2.45, 2.75) is 39.3 Å². The third kappa shape index (κ3) is 5.11. The molecule has 2 N–H and O–H groups in total. The number of hydrogen-bond acceptors (Lipinski definition) is 5. The van der Waals surface area contributed by atoms with E-state index in [0.29, 0.717) is 19.0 Å². The quantitative estimate of drug-likeness (QED) is 0.770. The zero-order valence-corrected chi connectivity index (χ0v) is 15.8. The van der Waals surface area contributed by atoms with Crippen LogP contribution in [0.4, 0.5) is 0 Å². The molecule has 0 saturated heterocycles. The number of ether oxygens (including phenoxy) is 2. The topological polar surface area (TPSA) is 88.1 Å². The molecule has 1 amide bonds. The second-order valence-electron chi connectivity index (χ2n) is 6.98. The summed E-state index contributed by atoms with van der Waals surface area (Å²) in [5, 5.41) is 12.1. The predicted octanol–water partition coefficient (Wildman–Crippen LogP) is 2.07. The van der Waals surface area contributed by atoms with Gasteiger partial charge in [0.1, 0.15) is 6.04 Å². The summed E-state index contributed by atoms with van der Waals surface area (Å²) in [5.74, 6) is 0.396. The first-order valence-electron chi connectivity index (χ1n) is 8.91. The van der Waals surface area contributed by atoms with Gasteiger partial charge < -0.3 is 19.9 Å². The van der Waals surface area contributed by atoms with E-state index in [1.54, 1.807) is 14.0 Å². The van der Waals surface area contributed by atoms with Crippen LogP contribution in [0.1, 0.15) is 38.8 Å². The van der Waals surface area contributed by atoms with Crippen LogP contribution in [0.15, 0.2) is 18.2 Å². The molecule has 0 spiro atoms. The number of nitrogens with zero attached hydrogens (tertiary/aromatic N) is 1. The fourth-order valence-corrected chi connectivity index (χ4v) is 2.78. The molecular weight excluding hydrogens is 336 g/mol. The van der Waals surface area contributed by atoms with Crippen LogP contribution in [0, 0.1) is 5.92 Å². The van der Waals surface area contributed by atoms with Crippen LogP contribution in [0.2, 0.25) is 0 Å². The number of carboxylic acid groups (broad SMARTS) is 1. The van der Waals surface area contributed by atoms with Gasteiger partial charge >= 0.3 is 5.97 Å². The van der Waals surface area contributed by atoms with Gasteiger partial charge in [-0.15, -0.1) is 0 Å². The lowest BCUT2D eigenvalue weighted by atomic mass is 9.95. The minimum Gasteiger partial charge on any atom is -0.490 e. The molecule has 1 aliphatic rings. The molecule has 1 aromatic carbocycles. The average Bonchev–Trinajstić information content (AvgIpc) is 2.83. The van der Waals surface area contributed by atoms with Crippen molar-refractivity contribution < 1.29 is 24.2 Å². The highest BCUT2D eigenvalue weighted by Crippen LogP contribution is 2.34. The van der Waals surface area contributed by atoms with Gasteiger partial charge in [0.25, 0.3) is 0 Å². The Bertz CT molecular complexity index is 647. The molecule has 144 valence electrons. The number of nitrogens with one attached hydrogen (secondary N) is 1. The molecule has 1 aliphatic heterocycles. The summed E-state index contributed by atoms with van der Waals surface area (Å²) in [6, 6.07) is 4.79. The highest BCUT2D eigenvalue weighted by Gasteiger charge is 2.24. The summed E-state index contributed by atoms with van der Waals surface area (Å²) in [6.07, 6.45) is 0.836. The molecular formula is C19H28N2O5. The minimum atomic E-state index is -0.955. The Morgan fingerprint density at radius 3 is 2.46 bits per heavy atom. The Balaban J connectivity index is 2.10. The Kier molecular flexibility index (Phi) is 6.85. The van der Waals surface area contributed by atoms with Crippen molar-refractivity contribution in [3.05, 3.63) is 23.8 Å². The number of fused-ring (bicyclic) bond motifs is 1. The molecule has 0 aliphatic carbocycles. The van der Waals surface area contributed by atoms with Gasteiger partial charge in [-0.2, -0.15) is 0 Å². The van der Waals surface area contributed by atoms with E-state index in [4.69, 9.17) is 14.6 Å². The second-order valence-corrected chi connectivity index (χ2v) is 6.98. The van der Waals surface area contributed by atoms with Crippen molar-refractivity contribution in [1.29, 1.82) is 0 Å². The van der Waals surface area contributed by atoms with Gasteiger partial charge in [-0.3, -0.25) is 14.5 Å². The number of carbonyl (C=O) groups is 2. The van der Waals surface area contributed by atoms with Gasteiger partial charge in [0.15, 0.2) is 11.5 Å². The Morgan fingerprint density at radius 2 is 1.85 bits per heavy atom. The summed E-state index contributed by atoms with van der Waals surface area (Å²) in [7, 11) is 1.62. The van der Waals surface area contributed by atoms with E-state index in [2.05, 4.69) is 5.32 Å². The average molecular weight is 364 g/mol. The lowest BCUT2D eigenvalue weighted by Gasteiger charge is -2.26. The van der Waals surface area contributed by atoms with E-state index in [1.165, 1.54) is 4.90 Å². The zero-order chi connectivity index (χ0) is 19.3. The summed E-state index contributed by atoms with van der Waals surface area (Å²) in [4.78, 5) is 25.0. The van der Waals surface area contributed by atoms with Crippen molar-refractivity contribution in [3.8, 4) is 11.5 Å². The van der Waals surface area contributed by atoms with Crippen LogP contribution < -0.4 is 14.8 Å². The minimum absolute atomic E-state index is 0.0151. The third-order valence-corrected chi connectivity index (χ3v) is 4.53. The monoisotopic (exact) mass is 364 g/mol. The largest absolute Gasteiger partial charge is 0.490 e. The molecule has 1 heterocycles. The first-order valence-corrected chi connectivity index (χ1v) is 8.91. The lowest BCUT2D eigenvalue weighted by Crippen LogP contribution is -2.44. The Morgan fingerprint density at radius 1 is 1.19 bits per heavy atom. The van der Waals surface area contributed by atoms with Crippen molar-refractivity contribution in [1.82, 2.24) is 10.2 Å². The first-order chi connectivity index (χ1) is 12.3. The molecule has 0 bridgehead atoms. The molecule has 1 aromatic rings. The third-order valence-electron chi connectivity index (χ3n) is 4.53. The highest BCUT2D eigenvalue weighted by molar-refractivity contribution is 5.80. The summed E-state index contributed by atoms with van der Waals surface area (Å²) in [6.45, 7) is 6.85. The van der Waals surface area contributed by atoms with Gasteiger partial charge in [0.2, 0.25) is 5.91 Å². The second kappa shape index (κ2) is 8.89. The highest BCUT2D eigenvalue weighted by atomic mass is 16.5. The van der Waals surface area contributed by atoms with Gasteiger partial charge in [-0.25, -0.2) is 0 Å². The van der Waals surface area contributed by atoms with Gasteiger partial charge in [-0.1, -0.05) is 19.9 Å². The fourth-order valence-electron chi connectivity index (χ4n) is 2.78. The van der Waals surface area contributed by atoms with Crippen molar-refractivity contribution in [2.75, 3.05) is 26.8 Å². The molecule has 2 rings (SSSR count). The smallest absolute Gasteiger partial charge is 0.320 e. The van der Waals surface area contributed by atoms with Gasteiger partial charge in [0, 0.05) is 6.42 Å². The Labute approximate surface area is 154 Å². The van der Waals surface area contributed by atoms with Crippen LogP contribution in [-0.2, 0) is 9.59 Å². The van der Waals surface area contributed by atoms with Gasteiger partial charge in [-0.05, 0) is 37.6 Å². The standard InChI is InChI=1S/C19H28N2O5/c1-12(2)18(20-17(22)11-21(4)13(3)19(23)24)14-6-7-15-16(10-14)26-9-5-8-25-15/h6-7,10,12-13,18H,5,8-9,11H2,1-4H3,(H,20,22)(H,23,24). The molecule has 0 aromatic heterocycles. The molecule has 7 heteroatoms. The van der Waals surface area contributed by atoms with Crippen molar-refractivity contribution in [2.24, 2.45) is 5.92 Å². The van der Waals surface area contributed by atoms with Crippen LogP contribution in [-0.4, -0.2) is 54.7 Å². The number of amides is 1. The van der Waals surface area contributed by atoms with Crippen LogP contribution in [0.5, 0.6) is 11.5 Å². The van der Waals surface area contributed by atoms with Crippen molar-refractivity contribution in [3.63, 3.8) is 0 Å². The normalized spacial score (nSPS) is 16.1. The molecule has 2 unspecified atom stereocenters. The lowest BCUT2D eigenvalue weighted by molar-refractivity contribution is -0.142. The summed E-state index contributed by atoms with van der Waals surface area (Å²) >= 11 is 0. The molecule has 0 saturated carbocycles. The van der Waals surface area contributed by atoms with E-state index < -0.39 is 12.0 Å². The number of likely N-dealkylation sites (N-methyl/N-ethyl adjacent to an activating group) is 1. The van der Waals surface area contributed by atoms with Crippen LogP contribution >= 0.6 is 0 Å². The zero-order valence-electron chi connectivity index (χ0n) is 15.8. The SMILES string of the molecule is CC(C)C(NC(=O)CN(C)C(C)C(=O)O)c1ccc2c(c1)OCCCO2. The number of benzene rings is 1. The molecule has 0 radical (unpaired) electrons. The maximum atomic E-state index is 12.4. The maximum Gasteiger partial charge on any atom is 0.320 e. The maximum absolute atomic E-state index is 12.4. The van der Waals surface area contributed by atoms with E-state index >= 15 is 0 Å². The number of rotatable bonds is 7. The number of carboxylic acids is 1. The van der Waals surface area contributed by atoms with Gasteiger partial charge in [0.05, 0.1) is 25.8 Å². The van der Waals surface area contributed by atoms with Crippen LogP contribution in [0.25, 0.3) is 0 Å². The molecule has 0 fully saturated rings. The van der Waals surface area contributed by atoms with E-state index in [-0.39, 0.29) is 24.4 Å². The summed E-state index contributed by atoms with van der Waals surface area (Å²) < 4.78 is 11.4. The predicted molar refractivity (Wildman–Crippen MR) is 97.5 cm³/mol. The van der Waals surface area contributed by atoms with E-state index in [1.807, 2.05) is 32.0 Å². The number of carbonyl (C=O) groups excluding carboxylic acids is 1. The fraction of sp³-hybridized carbons (Fsp3) is 0.579. The molecule has 2 atom stereocenters. The molecule has 7 nitrogen and oxygen atoms in total. The number of aliphatic carboxylic acids is 1.